The zero-order valence-corrected chi connectivity index (χ0v) is 13.4. The molecule has 0 bridgehead atoms. The normalized spacial score (nSPS) is 12.5. The third-order valence-corrected chi connectivity index (χ3v) is 4.45. The summed E-state index contributed by atoms with van der Waals surface area (Å²) in [4.78, 5) is 0. The van der Waals surface area contributed by atoms with Crippen LogP contribution in [0, 0.1) is 20.8 Å². The Bertz CT molecular complexity index is 618. The highest BCUT2D eigenvalue weighted by atomic mass is 35.5. The Morgan fingerprint density at radius 1 is 0.789 bits per heavy atom. The molecule has 100 valence electrons. The molecule has 0 saturated heterocycles. The molecule has 0 aliphatic carbocycles. The SMILES string of the molecule is Cc1cc(C(Cl)c2cc(Cl)ccc2C)c(C)cc1Cl. The Morgan fingerprint density at radius 3 is 2.11 bits per heavy atom. The van der Waals surface area contributed by atoms with Crippen LogP contribution in [0.5, 0.6) is 0 Å². The molecule has 1 unspecified atom stereocenters. The van der Waals surface area contributed by atoms with E-state index in [4.69, 9.17) is 34.8 Å². The lowest BCUT2D eigenvalue weighted by atomic mass is 9.95. The summed E-state index contributed by atoms with van der Waals surface area (Å²) in [7, 11) is 0. The molecule has 0 heterocycles. The van der Waals surface area contributed by atoms with E-state index in [1.165, 1.54) is 0 Å². The van der Waals surface area contributed by atoms with Crippen LogP contribution >= 0.6 is 34.8 Å². The van der Waals surface area contributed by atoms with Crippen molar-refractivity contribution in [3.63, 3.8) is 0 Å². The highest BCUT2D eigenvalue weighted by Crippen LogP contribution is 2.36. The van der Waals surface area contributed by atoms with Crippen LogP contribution in [0.2, 0.25) is 10.0 Å². The molecule has 0 spiro atoms. The average molecular weight is 314 g/mol. The molecule has 0 radical (unpaired) electrons. The van der Waals surface area contributed by atoms with Gasteiger partial charge in [-0.15, -0.1) is 11.6 Å². The number of rotatable bonds is 2. The van der Waals surface area contributed by atoms with E-state index in [9.17, 15) is 0 Å². The van der Waals surface area contributed by atoms with Crippen molar-refractivity contribution in [3.05, 3.63) is 68.2 Å². The van der Waals surface area contributed by atoms with Crippen molar-refractivity contribution in [2.24, 2.45) is 0 Å². The van der Waals surface area contributed by atoms with Gasteiger partial charge in [-0.25, -0.2) is 0 Å². The van der Waals surface area contributed by atoms with E-state index in [0.717, 1.165) is 32.8 Å². The van der Waals surface area contributed by atoms with Crippen LogP contribution in [0.3, 0.4) is 0 Å². The first-order valence-corrected chi connectivity index (χ1v) is 7.26. The van der Waals surface area contributed by atoms with Crippen molar-refractivity contribution in [3.8, 4) is 0 Å². The second-order valence-electron chi connectivity index (χ2n) is 4.82. The van der Waals surface area contributed by atoms with Gasteiger partial charge in [0.05, 0.1) is 5.38 Å². The van der Waals surface area contributed by atoms with Crippen molar-refractivity contribution in [2.45, 2.75) is 26.1 Å². The second kappa shape index (κ2) is 5.75. The minimum Gasteiger partial charge on any atom is -0.113 e. The molecule has 19 heavy (non-hydrogen) atoms. The van der Waals surface area contributed by atoms with E-state index < -0.39 is 0 Å². The summed E-state index contributed by atoms with van der Waals surface area (Å²) in [6, 6.07) is 9.81. The summed E-state index contributed by atoms with van der Waals surface area (Å²) in [5.41, 5.74) is 5.38. The lowest BCUT2D eigenvalue weighted by Gasteiger charge is -2.17. The van der Waals surface area contributed by atoms with Gasteiger partial charge < -0.3 is 0 Å². The first-order chi connectivity index (χ1) is 8.90. The molecule has 0 N–H and O–H groups in total. The third kappa shape index (κ3) is 3.08. The van der Waals surface area contributed by atoms with E-state index in [-0.39, 0.29) is 5.38 Å². The number of hydrogen-bond donors (Lipinski definition) is 0. The molecule has 3 heteroatoms. The number of halogens is 3. The molecule has 2 aromatic rings. The third-order valence-electron chi connectivity index (χ3n) is 3.33. The highest BCUT2D eigenvalue weighted by Gasteiger charge is 2.17. The molecule has 0 saturated carbocycles. The van der Waals surface area contributed by atoms with E-state index in [2.05, 4.69) is 6.07 Å². The predicted molar refractivity (Wildman–Crippen MR) is 84.8 cm³/mol. The standard InChI is InChI=1S/C16H15Cl3/c1-9-4-5-12(17)8-14(9)16(19)13-6-11(3)15(18)7-10(13)2/h4-8,16H,1-3H3. The van der Waals surface area contributed by atoms with Gasteiger partial charge in [-0.3, -0.25) is 0 Å². The maximum atomic E-state index is 6.64. The monoisotopic (exact) mass is 312 g/mol. The molecule has 0 fully saturated rings. The topological polar surface area (TPSA) is 0 Å². The minimum atomic E-state index is -0.213. The molecule has 0 aliphatic heterocycles. The summed E-state index contributed by atoms with van der Waals surface area (Å²) >= 11 is 18.8. The van der Waals surface area contributed by atoms with E-state index in [0.29, 0.717) is 5.02 Å². The van der Waals surface area contributed by atoms with Gasteiger partial charge in [0.2, 0.25) is 0 Å². The van der Waals surface area contributed by atoms with Crippen molar-refractivity contribution in [2.75, 3.05) is 0 Å². The van der Waals surface area contributed by atoms with Crippen LogP contribution < -0.4 is 0 Å². The van der Waals surface area contributed by atoms with Crippen LogP contribution in [-0.4, -0.2) is 0 Å². The Kier molecular flexibility index (Phi) is 4.45. The van der Waals surface area contributed by atoms with Gasteiger partial charge in [-0.2, -0.15) is 0 Å². The molecule has 0 nitrogen and oxygen atoms in total. The molecular weight excluding hydrogens is 299 g/mol. The predicted octanol–water partition coefficient (Wildman–Crippen LogP) is 6.25. The zero-order chi connectivity index (χ0) is 14.2. The van der Waals surface area contributed by atoms with Gasteiger partial charge in [0, 0.05) is 10.0 Å². The number of hydrogen-bond acceptors (Lipinski definition) is 0. The van der Waals surface area contributed by atoms with E-state index in [1.54, 1.807) is 0 Å². The number of alkyl halides is 1. The lowest BCUT2D eigenvalue weighted by Crippen LogP contribution is -2.00. The van der Waals surface area contributed by atoms with E-state index in [1.807, 2.05) is 45.0 Å². The molecule has 0 amide bonds. The highest BCUT2D eigenvalue weighted by molar-refractivity contribution is 6.31. The Balaban J connectivity index is 2.52. The average Bonchev–Trinajstić information content (AvgIpc) is 2.36. The Labute approximate surface area is 129 Å². The van der Waals surface area contributed by atoms with Crippen LogP contribution in [0.4, 0.5) is 0 Å². The lowest BCUT2D eigenvalue weighted by molar-refractivity contribution is 1.08. The molecule has 0 aromatic heterocycles. The largest absolute Gasteiger partial charge is 0.113 e. The van der Waals surface area contributed by atoms with Crippen LogP contribution in [0.25, 0.3) is 0 Å². The quantitative estimate of drug-likeness (QED) is 0.575. The molecule has 0 aliphatic rings. The van der Waals surface area contributed by atoms with Gasteiger partial charge in [0.1, 0.15) is 0 Å². The number of benzene rings is 2. The van der Waals surface area contributed by atoms with Crippen LogP contribution in [0.1, 0.15) is 33.2 Å². The first kappa shape index (κ1) is 14.7. The Morgan fingerprint density at radius 2 is 1.42 bits per heavy atom. The van der Waals surface area contributed by atoms with Gasteiger partial charge >= 0.3 is 0 Å². The molecule has 1 atom stereocenters. The van der Waals surface area contributed by atoms with E-state index >= 15 is 0 Å². The van der Waals surface area contributed by atoms with Gasteiger partial charge in [-0.1, -0.05) is 35.3 Å². The summed E-state index contributed by atoms with van der Waals surface area (Å²) in [5, 5.41) is 1.26. The van der Waals surface area contributed by atoms with Gasteiger partial charge in [0.25, 0.3) is 0 Å². The van der Waals surface area contributed by atoms with Crippen molar-refractivity contribution < 1.29 is 0 Å². The summed E-state index contributed by atoms with van der Waals surface area (Å²) < 4.78 is 0. The zero-order valence-electron chi connectivity index (χ0n) is 11.1. The fourth-order valence-electron chi connectivity index (χ4n) is 2.13. The molecule has 2 aromatic carbocycles. The van der Waals surface area contributed by atoms with Crippen molar-refractivity contribution in [1.29, 1.82) is 0 Å². The van der Waals surface area contributed by atoms with Crippen molar-refractivity contribution >= 4 is 34.8 Å². The van der Waals surface area contributed by atoms with Crippen LogP contribution in [0.15, 0.2) is 30.3 Å². The Hall–Kier alpha value is -0.690. The van der Waals surface area contributed by atoms with Crippen molar-refractivity contribution in [1.82, 2.24) is 0 Å². The smallest absolute Gasteiger partial charge is 0.0841 e. The summed E-state index contributed by atoms with van der Waals surface area (Å²) in [6.07, 6.45) is 0. The maximum Gasteiger partial charge on any atom is 0.0841 e. The number of aryl methyl sites for hydroxylation is 3. The van der Waals surface area contributed by atoms with Gasteiger partial charge in [-0.05, 0) is 66.8 Å². The maximum absolute atomic E-state index is 6.64. The fourth-order valence-corrected chi connectivity index (χ4v) is 3.00. The minimum absolute atomic E-state index is 0.213. The summed E-state index contributed by atoms with van der Waals surface area (Å²) in [6.45, 7) is 6.05. The second-order valence-corrected chi connectivity index (χ2v) is 6.10. The first-order valence-electron chi connectivity index (χ1n) is 6.07. The van der Waals surface area contributed by atoms with Crippen LogP contribution in [-0.2, 0) is 0 Å². The molecular formula is C16H15Cl3. The summed E-state index contributed by atoms with van der Waals surface area (Å²) in [5.74, 6) is 0. The molecule has 2 rings (SSSR count). The van der Waals surface area contributed by atoms with Gasteiger partial charge in [0.15, 0.2) is 0 Å². The fraction of sp³-hybridized carbons (Fsp3) is 0.250.